The van der Waals surface area contributed by atoms with Crippen LogP contribution in [0.25, 0.3) is 0 Å². The van der Waals surface area contributed by atoms with E-state index in [0.29, 0.717) is 18.3 Å². The molecule has 0 aliphatic rings. The molecule has 4 nitrogen and oxygen atoms in total. The second-order valence-corrected chi connectivity index (χ2v) is 5.24. The van der Waals surface area contributed by atoms with Gasteiger partial charge in [0.05, 0.1) is 5.56 Å². The molecule has 0 amide bonds. The number of carbonyl (C=O) groups is 1. The van der Waals surface area contributed by atoms with Crippen molar-refractivity contribution in [2.45, 2.75) is 26.4 Å². The smallest absolute Gasteiger partial charge is 0.337 e. The van der Waals surface area contributed by atoms with Gasteiger partial charge in [0.2, 0.25) is 0 Å². The van der Waals surface area contributed by atoms with E-state index in [0.717, 1.165) is 5.56 Å². The minimum absolute atomic E-state index is 0.0580. The molecule has 3 N–H and O–H groups in total. The van der Waals surface area contributed by atoms with Crippen molar-refractivity contribution in [1.29, 1.82) is 0 Å². The molecule has 21 heavy (non-hydrogen) atoms. The predicted octanol–water partition coefficient (Wildman–Crippen LogP) is 3.67. The first-order chi connectivity index (χ1) is 9.97. The number of benzene rings is 2. The highest BCUT2D eigenvalue weighted by molar-refractivity contribution is 5.94. The Morgan fingerprint density at radius 2 is 1.86 bits per heavy atom. The number of rotatable bonds is 5. The molecule has 0 aliphatic heterocycles. The summed E-state index contributed by atoms with van der Waals surface area (Å²) < 4.78 is 5.62. The number of anilines is 1. The third kappa shape index (κ3) is 3.75. The molecule has 0 aromatic heterocycles. The molecule has 0 fully saturated rings. The van der Waals surface area contributed by atoms with Gasteiger partial charge >= 0.3 is 5.97 Å². The molecule has 4 heteroatoms. The van der Waals surface area contributed by atoms with Crippen LogP contribution in [0.3, 0.4) is 0 Å². The van der Waals surface area contributed by atoms with Crippen molar-refractivity contribution >= 4 is 11.7 Å². The summed E-state index contributed by atoms with van der Waals surface area (Å²) in [5.74, 6) is -0.0658. The predicted molar refractivity (Wildman–Crippen MR) is 82.7 cm³/mol. The van der Waals surface area contributed by atoms with Crippen molar-refractivity contribution in [1.82, 2.24) is 0 Å². The van der Waals surface area contributed by atoms with Crippen molar-refractivity contribution in [3.63, 3.8) is 0 Å². The molecule has 0 saturated heterocycles. The average Bonchev–Trinajstić information content (AvgIpc) is 2.46. The monoisotopic (exact) mass is 285 g/mol. The van der Waals surface area contributed by atoms with Crippen LogP contribution >= 0.6 is 0 Å². The minimum Gasteiger partial charge on any atom is -0.489 e. The number of carboxylic acids is 1. The lowest BCUT2D eigenvalue weighted by molar-refractivity contribution is 0.0697. The van der Waals surface area contributed by atoms with Crippen molar-refractivity contribution in [2.75, 3.05) is 5.73 Å². The van der Waals surface area contributed by atoms with E-state index in [4.69, 9.17) is 15.6 Å². The number of nitrogens with two attached hydrogens (primary N) is 1. The van der Waals surface area contributed by atoms with Crippen LogP contribution < -0.4 is 10.5 Å². The van der Waals surface area contributed by atoms with Crippen molar-refractivity contribution in [3.05, 3.63) is 59.2 Å². The molecule has 0 heterocycles. The first-order valence-electron chi connectivity index (χ1n) is 6.82. The zero-order chi connectivity index (χ0) is 15.4. The van der Waals surface area contributed by atoms with Crippen LogP contribution in [0.2, 0.25) is 0 Å². The van der Waals surface area contributed by atoms with E-state index in [1.165, 1.54) is 11.6 Å². The second kappa shape index (κ2) is 6.31. The van der Waals surface area contributed by atoms with Crippen LogP contribution in [0.5, 0.6) is 5.75 Å². The highest BCUT2D eigenvalue weighted by Crippen LogP contribution is 2.21. The lowest BCUT2D eigenvalue weighted by Gasteiger charge is -2.10. The molecule has 0 saturated carbocycles. The van der Waals surface area contributed by atoms with Gasteiger partial charge in [0.15, 0.2) is 0 Å². The van der Waals surface area contributed by atoms with Crippen LogP contribution in [0.1, 0.15) is 41.3 Å². The molecule has 0 aliphatic carbocycles. The Morgan fingerprint density at radius 3 is 2.43 bits per heavy atom. The normalized spacial score (nSPS) is 10.6. The summed E-state index contributed by atoms with van der Waals surface area (Å²) in [7, 11) is 0. The van der Waals surface area contributed by atoms with Crippen molar-refractivity contribution in [2.24, 2.45) is 0 Å². The van der Waals surface area contributed by atoms with Gasteiger partial charge in [0.1, 0.15) is 12.4 Å². The summed E-state index contributed by atoms with van der Waals surface area (Å²) in [4.78, 5) is 11.0. The Labute approximate surface area is 124 Å². The Hall–Kier alpha value is -2.49. The maximum absolute atomic E-state index is 11.0. The van der Waals surface area contributed by atoms with Gasteiger partial charge in [-0.25, -0.2) is 4.79 Å². The summed E-state index contributed by atoms with van der Waals surface area (Å²) in [6, 6.07) is 12.9. The van der Waals surface area contributed by atoms with E-state index in [9.17, 15) is 4.79 Å². The van der Waals surface area contributed by atoms with E-state index in [1.54, 1.807) is 12.1 Å². The second-order valence-electron chi connectivity index (χ2n) is 5.24. The van der Waals surface area contributed by atoms with Crippen molar-refractivity contribution in [3.8, 4) is 5.75 Å². The van der Waals surface area contributed by atoms with Crippen LogP contribution in [-0.2, 0) is 6.61 Å². The van der Waals surface area contributed by atoms with E-state index in [1.807, 2.05) is 12.1 Å². The Bertz CT molecular complexity index is 633. The van der Waals surface area contributed by atoms with Crippen LogP contribution in [0, 0.1) is 0 Å². The van der Waals surface area contributed by atoms with E-state index < -0.39 is 5.97 Å². The maximum atomic E-state index is 11.0. The highest BCUT2D eigenvalue weighted by Gasteiger charge is 2.09. The SMILES string of the molecule is CC(C)c1ccc(COc2ccc(N)c(C(=O)O)c2)cc1. The standard InChI is InChI=1S/C17H19NO3/c1-11(2)13-5-3-12(4-6-13)10-21-14-7-8-16(18)15(9-14)17(19)20/h3-9,11H,10,18H2,1-2H3,(H,19,20). The molecule has 0 atom stereocenters. The molecule has 2 rings (SSSR count). The fourth-order valence-electron chi connectivity index (χ4n) is 1.98. The van der Waals surface area contributed by atoms with Gasteiger partial charge in [0.25, 0.3) is 0 Å². The quantitative estimate of drug-likeness (QED) is 0.822. The Kier molecular flexibility index (Phi) is 4.48. The number of aromatic carboxylic acids is 1. The van der Waals surface area contributed by atoms with Crippen molar-refractivity contribution < 1.29 is 14.6 Å². The van der Waals surface area contributed by atoms with Crippen LogP contribution in [0.4, 0.5) is 5.69 Å². The summed E-state index contributed by atoms with van der Waals surface area (Å²) >= 11 is 0. The Morgan fingerprint density at radius 1 is 1.19 bits per heavy atom. The zero-order valence-corrected chi connectivity index (χ0v) is 12.2. The average molecular weight is 285 g/mol. The summed E-state index contributed by atoms with van der Waals surface area (Å²) in [6.45, 7) is 4.68. The van der Waals surface area contributed by atoms with E-state index >= 15 is 0 Å². The summed E-state index contributed by atoms with van der Waals surface area (Å²) in [5, 5.41) is 9.02. The number of carboxylic acid groups (broad SMARTS) is 1. The lowest BCUT2D eigenvalue weighted by atomic mass is 10.0. The van der Waals surface area contributed by atoms with Gasteiger partial charge in [0, 0.05) is 5.69 Å². The molecule has 2 aromatic carbocycles. The van der Waals surface area contributed by atoms with E-state index in [-0.39, 0.29) is 11.3 Å². The number of hydrogen-bond acceptors (Lipinski definition) is 3. The molecule has 0 radical (unpaired) electrons. The molecule has 0 bridgehead atoms. The molecular weight excluding hydrogens is 266 g/mol. The van der Waals surface area contributed by atoms with Gasteiger partial charge in [-0.15, -0.1) is 0 Å². The van der Waals surface area contributed by atoms with Gasteiger partial charge < -0.3 is 15.6 Å². The van der Waals surface area contributed by atoms with E-state index in [2.05, 4.69) is 26.0 Å². The summed E-state index contributed by atoms with van der Waals surface area (Å²) in [6.07, 6.45) is 0. The number of hydrogen-bond donors (Lipinski definition) is 2. The van der Waals surface area contributed by atoms with Gasteiger partial charge in [-0.1, -0.05) is 38.1 Å². The molecule has 0 unspecified atom stereocenters. The first-order valence-corrected chi connectivity index (χ1v) is 6.82. The fraction of sp³-hybridized carbons (Fsp3) is 0.235. The zero-order valence-electron chi connectivity index (χ0n) is 12.2. The minimum atomic E-state index is -1.06. The van der Waals surface area contributed by atoms with Crippen LogP contribution in [-0.4, -0.2) is 11.1 Å². The first kappa shape index (κ1) is 14.9. The topological polar surface area (TPSA) is 72.5 Å². The number of nitrogen functional groups attached to an aromatic ring is 1. The Balaban J connectivity index is 2.06. The highest BCUT2D eigenvalue weighted by atomic mass is 16.5. The van der Waals surface area contributed by atoms with Gasteiger partial charge in [-0.05, 0) is 35.2 Å². The third-order valence-corrected chi connectivity index (χ3v) is 3.31. The molecular formula is C17H19NO3. The molecule has 110 valence electrons. The summed E-state index contributed by atoms with van der Waals surface area (Å²) in [5.41, 5.74) is 8.21. The van der Waals surface area contributed by atoms with Crippen LogP contribution in [0.15, 0.2) is 42.5 Å². The largest absolute Gasteiger partial charge is 0.489 e. The van der Waals surface area contributed by atoms with Gasteiger partial charge in [-0.3, -0.25) is 0 Å². The molecule has 0 spiro atoms. The molecule has 2 aromatic rings. The third-order valence-electron chi connectivity index (χ3n) is 3.31. The fourth-order valence-corrected chi connectivity index (χ4v) is 1.98. The maximum Gasteiger partial charge on any atom is 0.337 e. The van der Waals surface area contributed by atoms with Gasteiger partial charge in [-0.2, -0.15) is 0 Å². The lowest BCUT2D eigenvalue weighted by Crippen LogP contribution is -2.03. The number of ether oxygens (including phenoxy) is 1.